The first-order chi connectivity index (χ1) is 10.5. The lowest BCUT2D eigenvalue weighted by Gasteiger charge is -2.32. The number of nitrogens with one attached hydrogen (secondary N) is 1. The lowest BCUT2D eigenvalue weighted by molar-refractivity contribution is -0.126. The van der Waals surface area contributed by atoms with Crippen molar-refractivity contribution < 1.29 is 9.59 Å². The van der Waals surface area contributed by atoms with Gasteiger partial charge in [-0.15, -0.1) is 0 Å². The molecule has 1 aromatic rings. The molecule has 1 N–H and O–H groups in total. The summed E-state index contributed by atoms with van der Waals surface area (Å²) in [6.45, 7) is 5.72. The zero-order chi connectivity index (χ0) is 16.3. The molecule has 1 aliphatic rings. The number of aromatic nitrogens is 2. The van der Waals surface area contributed by atoms with Crippen LogP contribution < -0.4 is 5.32 Å². The fourth-order valence-corrected chi connectivity index (χ4v) is 3.34. The fraction of sp³-hybridized carbons (Fsp3) is 0.667. The molecular weight excluding hydrogens is 348 g/mol. The molecule has 7 heteroatoms. The SMILES string of the molecule is CCCNC(=O)C1CCCN(C(=O)c2c(C)nn(C)c2Br)C1. The summed E-state index contributed by atoms with van der Waals surface area (Å²) in [5.74, 6) is -0.105. The van der Waals surface area contributed by atoms with Crippen molar-refractivity contribution in [3.05, 3.63) is 15.9 Å². The summed E-state index contributed by atoms with van der Waals surface area (Å²) in [6, 6.07) is 0. The average molecular weight is 371 g/mol. The van der Waals surface area contributed by atoms with Crippen molar-refractivity contribution >= 4 is 27.7 Å². The maximum absolute atomic E-state index is 12.7. The van der Waals surface area contributed by atoms with E-state index in [0.29, 0.717) is 35.5 Å². The molecule has 0 saturated carbocycles. The molecule has 0 spiro atoms. The second-order valence-corrected chi connectivity index (χ2v) is 6.51. The summed E-state index contributed by atoms with van der Waals surface area (Å²) < 4.78 is 2.34. The minimum absolute atomic E-state index is 0.0505. The number of nitrogens with zero attached hydrogens (tertiary/aromatic N) is 3. The first-order valence-electron chi connectivity index (χ1n) is 7.71. The van der Waals surface area contributed by atoms with Crippen molar-refractivity contribution in [1.82, 2.24) is 20.0 Å². The van der Waals surface area contributed by atoms with E-state index in [-0.39, 0.29) is 17.7 Å². The topological polar surface area (TPSA) is 67.2 Å². The molecule has 2 amide bonds. The van der Waals surface area contributed by atoms with E-state index in [1.54, 1.807) is 16.6 Å². The van der Waals surface area contributed by atoms with Gasteiger partial charge < -0.3 is 10.2 Å². The van der Waals surface area contributed by atoms with Crippen molar-refractivity contribution in [3.63, 3.8) is 0 Å². The van der Waals surface area contributed by atoms with Gasteiger partial charge in [-0.05, 0) is 42.1 Å². The number of carbonyl (C=O) groups excluding carboxylic acids is 2. The zero-order valence-electron chi connectivity index (χ0n) is 13.4. The minimum atomic E-state index is -0.111. The highest BCUT2D eigenvalue weighted by Crippen LogP contribution is 2.24. The summed E-state index contributed by atoms with van der Waals surface area (Å²) in [5, 5.41) is 7.19. The van der Waals surface area contributed by atoms with Gasteiger partial charge in [0.05, 0.1) is 17.2 Å². The maximum atomic E-state index is 12.7. The van der Waals surface area contributed by atoms with Crippen LogP contribution in [0.25, 0.3) is 0 Å². The molecule has 2 rings (SSSR count). The summed E-state index contributed by atoms with van der Waals surface area (Å²) in [4.78, 5) is 26.6. The Hall–Kier alpha value is -1.37. The molecular formula is C15H23BrN4O2. The van der Waals surface area contributed by atoms with Crippen molar-refractivity contribution in [1.29, 1.82) is 0 Å². The zero-order valence-corrected chi connectivity index (χ0v) is 14.9. The van der Waals surface area contributed by atoms with Gasteiger partial charge in [-0.1, -0.05) is 6.92 Å². The highest BCUT2D eigenvalue weighted by molar-refractivity contribution is 9.10. The van der Waals surface area contributed by atoms with Crippen LogP contribution >= 0.6 is 15.9 Å². The Labute approximate surface area is 139 Å². The van der Waals surface area contributed by atoms with Crippen LogP contribution in [0.4, 0.5) is 0 Å². The molecule has 1 aromatic heterocycles. The van der Waals surface area contributed by atoms with E-state index < -0.39 is 0 Å². The Morgan fingerprint density at radius 1 is 1.45 bits per heavy atom. The molecule has 0 radical (unpaired) electrons. The molecule has 6 nitrogen and oxygen atoms in total. The van der Waals surface area contributed by atoms with E-state index >= 15 is 0 Å². The van der Waals surface area contributed by atoms with Gasteiger partial charge in [0.25, 0.3) is 5.91 Å². The Kier molecular flexibility index (Phi) is 5.61. The van der Waals surface area contributed by atoms with Gasteiger partial charge >= 0.3 is 0 Å². The number of aryl methyl sites for hydroxylation is 2. The standard InChI is InChI=1S/C15H23BrN4O2/c1-4-7-17-14(21)11-6-5-8-20(9-11)15(22)12-10(2)18-19(3)13(12)16/h11H,4-9H2,1-3H3,(H,17,21). The Bertz CT molecular complexity index is 570. The molecule has 1 atom stereocenters. The molecule has 0 bridgehead atoms. The molecule has 1 aliphatic heterocycles. The first-order valence-corrected chi connectivity index (χ1v) is 8.51. The third kappa shape index (κ3) is 3.51. The van der Waals surface area contributed by atoms with Crippen molar-refractivity contribution in [3.8, 4) is 0 Å². The van der Waals surface area contributed by atoms with Crippen molar-refractivity contribution in [2.45, 2.75) is 33.1 Å². The normalized spacial score (nSPS) is 18.4. The maximum Gasteiger partial charge on any atom is 0.258 e. The Morgan fingerprint density at radius 2 is 2.18 bits per heavy atom. The van der Waals surface area contributed by atoms with Gasteiger partial charge in [0.2, 0.25) is 5.91 Å². The van der Waals surface area contributed by atoms with E-state index in [9.17, 15) is 9.59 Å². The smallest absolute Gasteiger partial charge is 0.258 e. The third-order valence-corrected chi connectivity index (χ3v) is 4.90. The molecule has 1 fully saturated rings. The second-order valence-electron chi connectivity index (χ2n) is 5.76. The first kappa shape index (κ1) is 17.0. The predicted molar refractivity (Wildman–Crippen MR) is 87.6 cm³/mol. The Morgan fingerprint density at radius 3 is 2.77 bits per heavy atom. The van der Waals surface area contributed by atoms with E-state index in [2.05, 4.69) is 26.3 Å². The fourth-order valence-electron chi connectivity index (χ4n) is 2.80. The number of piperidine rings is 1. The van der Waals surface area contributed by atoms with Gasteiger partial charge in [-0.2, -0.15) is 5.10 Å². The van der Waals surface area contributed by atoms with Crippen LogP contribution in [0.1, 0.15) is 42.2 Å². The molecule has 1 unspecified atom stereocenters. The number of rotatable bonds is 4. The summed E-state index contributed by atoms with van der Waals surface area (Å²) in [6.07, 6.45) is 2.61. The van der Waals surface area contributed by atoms with Gasteiger partial charge in [-0.3, -0.25) is 14.3 Å². The molecule has 0 aliphatic carbocycles. The van der Waals surface area contributed by atoms with Gasteiger partial charge in [-0.25, -0.2) is 0 Å². The summed E-state index contributed by atoms with van der Waals surface area (Å²) >= 11 is 3.42. The minimum Gasteiger partial charge on any atom is -0.356 e. The van der Waals surface area contributed by atoms with Crippen LogP contribution in [0.3, 0.4) is 0 Å². The van der Waals surface area contributed by atoms with Crippen LogP contribution in [-0.2, 0) is 11.8 Å². The van der Waals surface area contributed by atoms with E-state index in [4.69, 9.17) is 0 Å². The quantitative estimate of drug-likeness (QED) is 0.879. The van der Waals surface area contributed by atoms with E-state index in [1.807, 2.05) is 13.8 Å². The molecule has 122 valence electrons. The van der Waals surface area contributed by atoms with Crippen LogP contribution in [0.2, 0.25) is 0 Å². The van der Waals surface area contributed by atoms with E-state index in [1.165, 1.54) is 0 Å². The van der Waals surface area contributed by atoms with Crippen LogP contribution in [0, 0.1) is 12.8 Å². The number of hydrogen-bond acceptors (Lipinski definition) is 3. The number of amides is 2. The monoisotopic (exact) mass is 370 g/mol. The number of likely N-dealkylation sites (tertiary alicyclic amines) is 1. The molecule has 2 heterocycles. The highest BCUT2D eigenvalue weighted by Gasteiger charge is 2.31. The second kappa shape index (κ2) is 7.26. The number of hydrogen-bond donors (Lipinski definition) is 1. The number of halogens is 1. The molecule has 0 aromatic carbocycles. The van der Waals surface area contributed by atoms with Gasteiger partial charge in [0.15, 0.2) is 0 Å². The number of carbonyl (C=O) groups is 2. The van der Waals surface area contributed by atoms with Crippen LogP contribution in [-0.4, -0.2) is 46.1 Å². The largest absolute Gasteiger partial charge is 0.356 e. The highest BCUT2D eigenvalue weighted by atomic mass is 79.9. The van der Waals surface area contributed by atoms with E-state index in [0.717, 1.165) is 19.3 Å². The third-order valence-electron chi connectivity index (χ3n) is 3.99. The van der Waals surface area contributed by atoms with Crippen LogP contribution in [0.15, 0.2) is 4.60 Å². The van der Waals surface area contributed by atoms with Crippen molar-refractivity contribution in [2.24, 2.45) is 13.0 Å². The lowest BCUT2D eigenvalue weighted by Crippen LogP contribution is -2.45. The molecule has 22 heavy (non-hydrogen) atoms. The Balaban J connectivity index is 2.08. The summed E-state index contributed by atoms with van der Waals surface area (Å²) in [7, 11) is 1.80. The predicted octanol–water partition coefficient (Wildman–Crippen LogP) is 1.87. The van der Waals surface area contributed by atoms with Crippen molar-refractivity contribution in [2.75, 3.05) is 19.6 Å². The summed E-state index contributed by atoms with van der Waals surface area (Å²) in [5.41, 5.74) is 1.30. The van der Waals surface area contributed by atoms with Gasteiger partial charge in [0, 0.05) is 26.7 Å². The van der Waals surface area contributed by atoms with Crippen LogP contribution in [0.5, 0.6) is 0 Å². The molecule has 1 saturated heterocycles. The lowest BCUT2D eigenvalue weighted by atomic mass is 9.96. The average Bonchev–Trinajstić information content (AvgIpc) is 2.77. The van der Waals surface area contributed by atoms with Gasteiger partial charge in [0.1, 0.15) is 4.60 Å².